The third kappa shape index (κ3) is 3.73. The molecule has 2 heteroatoms. The highest BCUT2D eigenvalue weighted by molar-refractivity contribution is 4.80. The lowest BCUT2D eigenvalue weighted by molar-refractivity contribution is 0.0655. The van der Waals surface area contributed by atoms with E-state index in [4.69, 9.17) is 4.74 Å². The summed E-state index contributed by atoms with van der Waals surface area (Å²) in [4.78, 5) is 0. The van der Waals surface area contributed by atoms with Crippen molar-refractivity contribution in [3.8, 4) is 0 Å². The highest BCUT2D eigenvalue weighted by Crippen LogP contribution is 2.07. The number of hydrogen-bond donors (Lipinski definition) is 1. The first-order valence-electron chi connectivity index (χ1n) is 4.39. The molecule has 1 fully saturated rings. The van der Waals surface area contributed by atoms with E-state index in [1.807, 2.05) is 0 Å². The predicted octanol–water partition coefficient (Wildman–Crippen LogP) is 1.53. The minimum atomic E-state index is 0.430. The van der Waals surface area contributed by atoms with E-state index in [0.29, 0.717) is 6.10 Å². The largest absolute Gasteiger partial charge is 0.377 e. The van der Waals surface area contributed by atoms with Crippen LogP contribution >= 0.6 is 0 Å². The molecule has 0 aromatic rings. The van der Waals surface area contributed by atoms with Gasteiger partial charge in [0.2, 0.25) is 0 Å². The quantitative estimate of drug-likeness (QED) is 0.608. The van der Waals surface area contributed by atoms with Gasteiger partial charge in [-0.2, -0.15) is 0 Å². The monoisotopic (exact) mass is 155 g/mol. The highest BCUT2D eigenvalue weighted by atomic mass is 16.5. The normalized spacial score (nSPS) is 24.3. The van der Waals surface area contributed by atoms with E-state index in [9.17, 15) is 0 Å². The van der Waals surface area contributed by atoms with Crippen molar-refractivity contribution in [2.24, 2.45) is 0 Å². The first-order chi connectivity index (χ1) is 5.43. The molecule has 0 aromatic heterocycles. The SMILES string of the molecule is [CH2]CCCCOC1C[CH]NC1. The van der Waals surface area contributed by atoms with Gasteiger partial charge in [-0.25, -0.2) is 0 Å². The molecule has 0 bridgehead atoms. The van der Waals surface area contributed by atoms with Gasteiger partial charge in [-0.15, -0.1) is 0 Å². The predicted molar refractivity (Wildman–Crippen MR) is 45.9 cm³/mol. The summed E-state index contributed by atoms with van der Waals surface area (Å²) in [6, 6.07) is 0. The Morgan fingerprint density at radius 1 is 1.55 bits per heavy atom. The average Bonchev–Trinajstić information content (AvgIpc) is 2.50. The van der Waals surface area contributed by atoms with Crippen molar-refractivity contribution in [3.05, 3.63) is 13.5 Å². The van der Waals surface area contributed by atoms with Crippen LogP contribution < -0.4 is 5.32 Å². The molecule has 2 nitrogen and oxygen atoms in total. The fourth-order valence-corrected chi connectivity index (χ4v) is 1.17. The topological polar surface area (TPSA) is 21.3 Å². The van der Waals surface area contributed by atoms with E-state index in [1.54, 1.807) is 0 Å². The van der Waals surface area contributed by atoms with Crippen molar-refractivity contribution < 1.29 is 4.74 Å². The van der Waals surface area contributed by atoms with Gasteiger partial charge in [-0.1, -0.05) is 19.8 Å². The molecule has 1 N–H and O–H groups in total. The van der Waals surface area contributed by atoms with Crippen molar-refractivity contribution in [3.63, 3.8) is 0 Å². The summed E-state index contributed by atoms with van der Waals surface area (Å²) in [5, 5.41) is 3.15. The zero-order chi connectivity index (χ0) is 7.94. The zero-order valence-corrected chi connectivity index (χ0v) is 7.01. The fourth-order valence-electron chi connectivity index (χ4n) is 1.17. The molecule has 0 amide bonds. The lowest BCUT2D eigenvalue weighted by Gasteiger charge is -2.09. The van der Waals surface area contributed by atoms with E-state index in [-0.39, 0.29) is 0 Å². The summed E-state index contributed by atoms with van der Waals surface area (Å²) >= 11 is 0. The Bertz CT molecular complexity index is 89.6. The number of rotatable bonds is 5. The maximum Gasteiger partial charge on any atom is 0.0714 e. The first-order valence-corrected chi connectivity index (χ1v) is 4.39. The number of hydrogen-bond acceptors (Lipinski definition) is 2. The number of ether oxygens (including phenoxy) is 1. The number of nitrogens with one attached hydrogen (secondary N) is 1. The average molecular weight is 155 g/mol. The minimum absolute atomic E-state index is 0.430. The van der Waals surface area contributed by atoms with Crippen molar-refractivity contribution in [1.29, 1.82) is 0 Å². The molecule has 1 unspecified atom stereocenters. The molecule has 64 valence electrons. The Morgan fingerprint density at radius 3 is 3.09 bits per heavy atom. The smallest absolute Gasteiger partial charge is 0.0714 e. The summed E-state index contributed by atoms with van der Waals surface area (Å²) in [5.41, 5.74) is 0. The van der Waals surface area contributed by atoms with E-state index in [1.165, 1.54) is 6.42 Å². The summed E-state index contributed by atoms with van der Waals surface area (Å²) in [6.07, 6.45) is 4.85. The minimum Gasteiger partial charge on any atom is -0.377 e. The molecule has 2 radical (unpaired) electrons. The zero-order valence-electron chi connectivity index (χ0n) is 7.01. The molecule has 1 aliphatic rings. The van der Waals surface area contributed by atoms with E-state index >= 15 is 0 Å². The van der Waals surface area contributed by atoms with Gasteiger partial charge < -0.3 is 10.1 Å². The van der Waals surface area contributed by atoms with Gasteiger partial charge >= 0.3 is 0 Å². The molecule has 0 aliphatic carbocycles. The van der Waals surface area contributed by atoms with Crippen LogP contribution in [0.25, 0.3) is 0 Å². The van der Waals surface area contributed by atoms with Crippen LogP contribution in [0, 0.1) is 13.5 Å². The molecular weight excluding hydrogens is 138 g/mol. The Morgan fingerprint density at radius 2 is 2.45 bits per heavy atom. The second-order valence-electron chi connectivity index (χ2n) is 2.90. The Balaban J connectivity index is 1.86. The second kappa shape index (κ2) is 5.56. The van der Waals surface area contributed by atoms with Gasteiger partial charge in [0, 0.05) is 19.7 Å². The van der Waals surface area contributed by atoms with Crippen molar-refractivity contribution in [2.75, 3.05) is 13.2 Å². The highest BCUT2D eigenvalue weighted by Gasteiger charge is 2.13. The van der Waals surface area contributed by atoms with Gasteiger partial charge in [0.1, 0.15) is 0 Å². The first kappa shape index (κ1) is 9.01. The molecule has 1 atom stereocenters. The summed E-state index contributed by atoms with van der Waals surface area (Å²) in [6.45, 7) is 7.75. The van der Waals surface area contributed by atoms with Crippen LogP contribution in [0.1, 0.15) is 25.7 Å². The molecule has 0 aromatic carbocycles. The van der Waals surface area contributed by atoms with Crippen LogP contribution in [-0.2, 0) is 4.74 Å². The fraction of sp³-hybridized carbons (Fsp3) is 0.778. The van der Waals surface area contributed by atoms with Crippen molar-refractivity contribution in [1.82, 2.24) is 5.32 Å². The molecule has 1 rings (SSSR count). The molecule has 1 saturated heterocycles. The maximum atomic E-state index is 5.58. The Labute approximate surface area is 69.3 Å². The summed E-state index contributed by atoms with van der Waals surface area (Å²) < 4.78 is 5.58. The molecule has 1 heterocycles. The molecular formula is C9H17NO. The van der Waals surface area contributed by atoms with E-state index in [0.717, 1.165) is 32.4 Å². The van der Waals surface area contributed by atoms with Crippen molar-refractivity contribution in [2.45, 2.75) is 31.8 Å². The van der Waals surface area contributed by atoms with Crippen LogP contribution in [0.5, 0.6) is 0 Å². The van der Waals surface area contributed by atoms with Crippen LogP contribution in [0.2, 0.25) is 0 Å². The standard InChI is InChI=1S/C9H17NO/c1-2-3-4-7-11-9-5-6-10-8-9/h6,9-10H,1-5,7-8H2. The summed E-state index contributed by atoms with van der Waals surface area (Å²) in [7, 11) is 0. The summed E-state index contributed by atoms with van der Waals surface area (Å²) in [5.74, 6) is 0. The van der Waals surface area contributed by atoms with Gasteiger partial charge in [-0.3, -0.25) is 0 Å². The number of unbranched alkanes of at least 4 members (excludes halogenated alkanes) is 2. The van der Waals surface area contributed by atoms with E-state index in [2.05, 4.69) is 18.8 Å². The van der Waals surface area contributed by atoms with Gasteiger partial charge in [0.05, 0.1) is 6.10 Å². The van der Waals surface area contributed by atoms with Crippen molar-refractivity contribution >= 4 is 0 Å². The Kier molecular flexibility index (Phi) is 4.55. The Hall–Kier alpha value is -0.0800. The molecule has 11 heavy (non-hydrogen) atoms. The van der Waals surface area contributed by atoms with Gasteiger partial charge in [-0.05, 0) is 12.8 Å². The lowest BCUT2D eigenvalue weighted by Crippen LogP contribution is -2.16. The lowest BCUT2D eigenvalue weighted by atomic mass is 10.2. The third-order valence-electron chi connectivity index (χ3n) is 1.87. The van der Waals surface area contributed by atoms with Crippen LogP contribution in [0.4, 0.5) is 0 Å². The molecule has 0 spiro atoms. The van der Waals surface area contributed by atoms with Crippen LogP contribution in [0.15, 0.2) is 0 Å². The van der Waals surface area contributed by atoms with Crippen LogP contribution in [-0.4, -0.2) is 19.3 Å². The van der Waals surface area contributed by atoms with Crippen LogP contribution in [0.3, 0.4) is 0 Å². The van der Waals surface area contributed by atoms with Gasteiger partial charge in [0.25, 0.3) is 0 Å². The molecule has 0 saturated carbocycles. The van der Waals surface area contributed by atoms with E-state index < -0.39 is 0 Å². The maximum absolute atomic E-state index is 5.58. The molecule has 1 aliphatic heterocycles. The van der Waals surface area contributed by atoms with Gasteiger partial charge in [0.15, 0.2) is 0 Å². The second-order valence-corrected chi connectivity index (χ2v) is 2.90. The third-order valence-corrected chi connectivity index (χ3v) is 1.87.